The van der Waals surface area contributed by atoms with Gasteiger partial charge in [-0.15, -0.1) is 0 Å². The van der Waals surface area contributed by atoms with E-state index < -0.39 is 0 Å². The number of likely N-dealkylation sites (tertiary alicyclic amines) is 1. The lowest BCUT2D eigenvalue weighted by atomic mass is 10.1. The van der Waals surface area contributed by atoms with Gasteiger partial charge in [-0.2, -0.15) is 0 Å². The molecule has 0 aromatic carbocycles. The highest BCUT2D eigenvalue weighted by atomic mass is 15.2. The van der Waals surface area contributed by atoms with Gasteiger partial charge < -0.3 is 5.32 Å². The second-order valence-corrected chi connectivity index (χ2v) is 4.68. The molecule has 2 bridgehead atoms. The summed E-state index contributed by atoms with van der Waals surface area (Å²) in [6.45, 7) is 4.92. The average Bonchev–Trinajstić information content (AvgIpc) is 2.75. The van der Waals surface area contributed by atoms with E-state index in [-0.39, 0.29) is 0 Å². The van der Waals surface area contributed by atoms with Gasteiger partial charge in [0.15, 0.2) is 0 Å². The molecular formula is C11H22N2. The fourth-order valence-corrected chi connectivity index (χ4v) is 2.96. The van der Waals surface area contributed by atoms with Gasteiger partial charge in [-0.25, -0.2) is 0 Å². The molecule has 3 unspecified atom stereocenters. The number of hydrogen-bond acceptors (Lipinski definition) is 2. The molecule has 76 valence electrons. The number of nitrogens with zero attached hydrogens (tertiary/aromatic N) is 1. The van der Waals surface area contributed by atoms with Crippen LogP contribution in [-0.2, 0) is 0 Å². The molecule has 0 aromatic heterocycles. The molecule has 2 rings (SSSR count). The van der Waals surface area contributed by atoms with Crippen LogP contribution in [0.25, 0.3) is 0 Å². The van der Waals surface area contributed by atoms with Crippen LogP contribution in [-0.4, -0.2) is 37.1 Å². The van der Waals surface area contributed by atoms with Crippen molar-refractivity contribution in [2.45, 2.75) is 44.7 Å². The minimum Gasteiger partial charge on any atom is -0.316 e. The normalized spacial score (nSPS) is 35.5. The molecular weight excluding hydrogens is 160 g/mol. The molecule has 1 saturated carbocycles. The van der Waals surface area contributed by atoms with Crippen molar-refractivity contribution in [2.75, 3.05) is 20.1 Å². The lowest BCUT2D eigenvalue weighted by molar-refractivity contribution is 0.192. The van der Waals surface area contributed by atoms with Crippen LogP contribution in [0.15, 0.2) is 0 Å². The molecule has 0 amide bonds. The number of fused-ring (bicyclic) bond motifs is 2. The van der Waals surface area contributed by atoms with Crippen molar-refractivity contribution in [1.82, 2.24) is 10.2 Å². The molecule has 3 atom stereocenters. The van der Waals surface area contributed by atoms with Crippen LogP contribution in [0.1, 0.15) is 32.6 Å². The lowest BCUT2D eigenvalue weighted by Gasteiger charge is -2.30. The van der Waals surface area contributed by atoms with Crippen LogP contribution < -0.4 is 5.32 Å². The summed E-state index contributed by atoms with van der Waals surface area (Å²) in [6, 6.07) is 1.65. The summed E-state index contributed by atoms with van der Waals surface area (Å²) in [7, 11) is 2.09. The number of hydrogen-bond donors (Lipinski definition) is 1. The van der Waals surface area contributed by atoms with Gasteiger partial charge in [0, 0.05) is 25.2 Å². The molecule has 0 spiro atoms. The fraction of sp³-hybridized carbons (Fsp3) is 1.00. The smallest absolute Gasteiger partial charge is 0.0189 e. The summed E-state index contributed by atoms with van der Waals surface area (Å²) in [5, 5.41) is 3.40. The van der Waals surface area contributed by atoms with E-state index in [4.69, 9.17) is 0 Å². The van der Waals surface area contributed by atoms with Gasteiger partial charge >= 0.3 is 0 Å². The molecule has 2 heteroatoms. The quantitative estimate of drug-likeness (QED) is 0.708. The summed E-state index contributed by atoms with van der Waals surface area (Å²) >= 11 is 0. The van der Waals surface area contributed by atoms with E-state index in [1.165, 1.54) is 38.8 Å². The highest BCUT2D eigenvalue weighted by Crippen LogP contribution is 2.37. The third kappa shape index (κ3) is 1.89. The third-order valence-corrected chi connectivity index (χ3v) is 3.88. The van der Waals surface area contributed by atoms with Gasteiger partial charge in [0.2, 0.25) is 0 Å². The molecule has 1 aliphatic heterocycles. The zero-order valence-electron chi connectivity index (χ0n) is 8.92. The van der Waals surface area contributed by atoms with E-state index in [9.17, 15) is 0 Å². The predicted octanol–water partition coefficient (Wildman–Crippen LogP) is 1.47. The van der Waals surface area contributed by atoms with E-state index in [0.29, 0.717) is 6.04 Å². The van der Waals surface area contributed by atoms with Crippen LogP contribution in [0.3, 0.4) is 0 Å². The highest BCUT2D eigenvalue weighted by molar-refractivity contribution is 4.93. The Hall–Kier alpha value is -0.0800. The second-order valence-electron chi connectivity index (χ2n) is 4.68. The largest absolute Gasteiger partial charge is 0.316 e. The molecule has 0 aromatic rings. The van der Waals surface area contributed by atoms with Gasteiger partial charge in [-0.1, -0.05) is 6.92 Å². The van der Waals surface area contributed by atoms with Gasteiger partial charge in [0.25, 0.3) is 0 Å². The second kappa shape index (κ2) is 3.97. The minimum absolute atomic E-state index is 0.708. The first-order valence-corrected chi connectivity index (χ1v) is 5.74. The molecule has 1 aliphatic carbocycles. The molecule has 13 heavy (non-hydrogen) atoms. The van der Waals surface area contributed by atoms with E-state index in [1.54, 1.807) is 0 Å². The van der Waals surface area contributed by atoms with Crippen LogP contribution in [0, 0.1) is 5.92 Å². The van der Waals surface area contributed by atoms with Gasteiger partial charge in [-0.05, 0) is 38.6 Å². The first-order valence-electron chi connectivity index (χ1n) is 5.74. The Morgan fingerprint density at radius 1 is 1.46 bits per heavy atom. The highest BCUT2D eigenvalue weighted by Gasteiger charge is 2.37. The fourth-order valence-electron chi connectivity index (χ4n) is 2.96. The standard InChI is InChI=1S/C11H22N2/c1-3-10(12-2)8-13-7-9-4-5-11(13)6-9/h9-12H,3-8H2,1-2H3. The van der Waals surface area contributed by atoms with Gasteiger partial charge in [0.1, 0.15) is 0 Å². The van der Waals surface area contributed by atoms with Crippen molar-refractivity contribution in [2.24, 2.45) is 5.92 Å². The molecule has 1 heterocycles. The Balaban J connectivity index is 1.82. The maximum absolute atomic E-state index is 3.40. The van der Waals surface area contributed by atoms with E-state index in [1.807, 2.05) is 0 Å². The van der Waals surface area contributed by atoms with Crippen molar-refractivity contribution in [3.05, 3.63) is 0 Å². The van der Waals surface area contributed by atoms with Crippen molar-refractivity contribution < 1.29 is 0 Å². The zero-order valence-corrected chi connectivity index (χ0v) is 8.92. The Morgan fingerprint density at radius 2 is 2.31 bits per heavy atom. The van der Waals surface area contributed by atoms with E-state index >= 15 is 0 Å². The van der Waals surface area contributed by atoms with Crippen molar-refractivity contribution in [1.29, 1.82) is 0 Å². The van der Waals surface area contributed by atoms with Crippen LogP contribution in [0.4, 0.5) is 0 Å². The SMILES string of the molecule is CCC(CN1CC2CCC1C2)NC. The monoisotopic (exact) mass is 182 g/mol. The van der Waals surface area contributed by atoms with Gasteiger partial charge in [0.05, 0.1) is 0 Å². The first kappa shape index (κ1) is 9.47. The van der Waals surface area contributed by atoms with Crippen molar-refractivity contribution in [3.63, 3.8) is 0 Å². The minimum atomic E-state index is 0.708. The number of rotatable bonds is 4. The van der Waals surface area contributed by atoms with Gasteiger partial charge in [-0.3, -0.25) is 4.90 Å². The Labute approximate surface area is 81.7 Å². The van der Waals surface area contributed by atoms with Crippen LogP contribution in [0.2, 0.25) is 0 Å². The summed E-state index contributed by atoms with van der Waals surface area (Å²) in [5.41, 5.74) is 0. The Bertz CT molecular complexity index is 165. The zero-order chi connectivity index (χ0) is 9.26. The number of piperidine rings is 1. The third-order valence-electron chi connectivity index (χ3n) is 3.88. The molecule has 1 N–H and O–H groups in total. The summed E-state index contributed by atoms with van der Waals surface area (Å²) in [4.78, 5) is 2.71. The summed E-state index contributed by atoms with van der Waals surface area (Å²) < 4.78 is 0. The number of nitrogens with one attached hydrogen (secondary N) is 1. The predicted molar refractivity (Wildman–Crippen MR) is 55.8 cm³/mol. The van der Waals surface area contributed by atoms with Crippen LogP contribution >= 0.6 is 0 Å². The molecule has 1 saturated heterocycles. The summed E-state index contributed by atoms with van der Waals surface area (Å²) in [5.74, 6) is 1.04. The van der Waals surface area contributed by atoms with E-state index in [0.717, 1.165) is 12.0 Å². The van der Waals surface area contributed by atoms with E-state index in [2.05, 4.69) is 24.2 Å². The van der Waals surface area contributed by atoms with Crippen molar-refractivity contribution in [3.8, 4) is 0 Å². The average molecular weight is 182 g/mol. The molecule has 2 nitrogen and oxygen atoms in total. The Kier molecular flexibility index (Phi) is 2.89. The maximum atomic E-state index is 3.40. The maximum Gasteiger partial charge on any atom is 0.0189 e. The Morgan fingerprint density at radius 3 is 2.77 bits per heavy atom. The first-order chi connectivity index (χ1) is 6.33. The van der Waals surface area contributed by atoms with Crippen LogP contribution in [0.5, 0.6) is 0 Å². The number of likely N-dealkylation sites (N-methyl/N-ethyl adjacent to an activating group) is 1. The lowest BCUT2D eigenvalue weighted by Crippen LogP contribution is -2.42. The topological polar surface area (TPSA) is 15.3 Å². The van der Waals surface area contributed by atoms with Crippen molar-refractivity contribution >= 4 is 0 Å². The molecule has 2 fully saturated rings. The molecule has 0 radical (unpaired) electrons. The molecule has 2 aliphatic rings. The summed E-state index contributed by atoms with van der Waals surface area (Å²) in [6.07, 6.45) is 5.70.